The molecule has 0 saturated carbocycles. The van der Waals surface area contributed by atoms with Crippen molar-refractivity contribution in [1.29, 1.82) is 0 Å². The predicted octanol–water partition coefficient (Wildman–Crippen LogP) is 1.93. The van der Waals surface area contributed by atoms with Gasteiger partial charge in [-0.2, -0.15) is 0 Å². The van der Waals surface area contributed by atoms with Gasteiger partial charge in [-0.3, -0.25) is 10.1 Å². The molecule has 3 N–H and O–H groups in total. The fourth-order valence-corrected chi connectivity index (χ4v) is 2.56. The lowest BCUT2D eigenvalue weighted by Gasteiger charge is -2.36. The summed E-state index contributed by atoms with van der Waals surface area (Å²) in [5.41, 5.74) is 7.11. The molecule has 6 heteroatoms. The highest BCUT2D eigenvalue weighted by molar-refractivity contribution is 5.69. The van der Waals surface area contributed by atoms with Gasteiger partial charge in [0.15, 0.2) is 0 Å². The van der Waals surface area contributed by atoms with Crippen LogP contribution < -0.4 is 11.1 Å². The second kappa shape index (κ2) is 5.44. The monoisotopic (exact) mass is 264 g/mol. The van der Waals surface area contributed by atoms with Gasteiger partial charge < -0.3 is 16.0 Å². The fourth-order valence-electron chi connectivity index (χ4n) is 2.56. The summed E-state index contributed by atoms with van der Waals surface area (Å²) < 4.78 is 0. The fraction of sp³-hybridized carbons (Fsp3) is 0.538. The van der Waals surface area contributed by atoms with Crippen molar-refractivity contribution in [3.63, 3.8) is 0 Å². The Morgan fingerprint density at radius 3 is 2.84 bits per heavy atom. The Kier molecular flexibility index (Phi) is 3.90. The van der Waals surface area contributed by atoms with E-state index in [1.54, 1.807) is 6.07 Å². The number of likely N-dealkylation sites (tertiary alicyclic amines) is 1. The van der Waals surface area contributed by atoms with Crippen LogP contribution >= 0.6 is 0 Å². The molecule has 2 unspecified atom stereocenters. The third kappa shape index (κ3) is 3.14. The van der Waals surface area contributed by atoms with Crippen molar-refractivity contribution >= 4 is 17.1 Å². The topological polar surface area (TPSA) is 84.4 Å². The van der Waals surface area contributed by atoms with Crippen molar-refractivity contribution in [3.05, 3.63) is 28.3 Å². The van der Waals surface area contributed by atoms with Gasteiger partial charge >= 0.3 is 0 Å². The van der Waals surface area contributed by atoms with E-state index in [2.05, 4.69) is 24.2 Å². The summed E-state index contributed by atoms with van der Waals surface area (Å²) in [4.78, 5) is 12.5. The van der Waals surface area contributed by atoms with Gasteiger partial charge in [-0.1, -0.05) is 6.92 Å². The molecule has 2 atom stereocenters. The maximum absolute atomic E-state index is 10.7. The minimum absolute atomic E-state index is 0.0273. The lowest BCUT2D eigenvalue weighted by Crippen LogP contribution is -2.43. The standard InChI is InChI=1S/C13H20N4O2/c1-9-8-16(2)6-5-12(9)15-13-4-3-10(17(18)19)7-11(13)14/h3-4,7,9,12,15H,5-6,8,14H2,1-2H3. The van der Waals surface area contributed by atoms with E-state index in [-0.39, 0.29) is 5.69 Å². The van der Waals surface area contributed by atoms with Crippen molar-refractivity contribution in [2.45, 2.75) is 19.4 Å². The van der Waals surface area contributed by atoms with Crippen LogP contribution in [0.25, 0.3) is 0 Å². The van der Waals surface area contributed by atoms with E-state index in [0.29, 0.717) is 17.6 Å². The molecule has 0 aliphatic carbocycles. The number of nitro benzene ring substituents is 1. The van der Waals surface area contributed by atoms with E-state index in [9.17, 15) is 10.1 Å². The van der Waals surface area contributed by atoms with Crippen molar-refractivity contribution in [3.8, 4) is 0 Å². The molecule has 6 nitrogen and oxygen atoms in total. The number of nitrogens with one attached hydrogen (secondary N) is 1. The molecular weight excluding hydrogens is 244 g/mol. The number of piperidine rings is 1. The van der Waals surface area contributed by atoms with Crippen LogP contribution in [0, 0.1) is 16.0 Å². The smallest absolute Gasteiger partial charge is 0.271 e. The first-order chi connectivity index (χ1) is 8.97. The summed E-state index contributed by atoms with van der Waals surface area (Å²) in [5, 5.41) is 14.1. The molecule has 1 saturated heterocycles. The first-order valence-electron chi connectivity index (χ1n) is 6.46. The van der Waals surface area contributed by atoms with Crippen LogP contribution in [0.5, 0.6) is 0 Å². The van der Waals surface area contributed by atoms with E-state index in [4.69, 9.17) is 5.73 Å². The number of nitro groups is 1. The number of anilines is 2. The summed E-state index contributed by atoms with van der Waals surface area (Å²) in [7, 11) is 2.12. The van der Waals surface area contributed by atoms with Crippen LogP contribution in [0.3, 0.4) is 0 Å². The lowest BCUT2D eigenvalue weighted by molar-refractivity contribution is -0.384. The molecule has 1 aliphatic heterocycles. The molecule has 1 heterocycles. The zero-order valence-corrected chi connectivity index (χ0v) is 11.3. The molecule has 0 amide bonds. The molecule has 19 heavy (non-hydrogen) atoms. The van der Waals surface area contributed by atoms with Crippen molar-refractivity contribution in [2.75, 3.05) is 31.2 Å². The Bertz CT molecular complexity index is 478. The Balaban J connectivity index is 2.09. The molecule has 1 aliphatic rings. The molecule has 1 aromatic rings. The SMILES string of the molecule is CC1CN(C)CCC1Nc1ccc([N+](=O)[O-])cc1N. The van der Waals surface area contributed by atoms with Crippen molar-refractivity contribution in [2.24, 2.45) is 5.92 Å². The molecular formula is C13H20N4O2. The van der Waals surface area contributed by atoms with Gasteiger partial charge in [0.25, 0.3) is 5.69 Å². The number of nitrogens with two attached hydrogens (primary N) is 1. The number of hydrogen-bond donors (Lipinski definition) is 2. The number of rotatable bonds is 3. The van der Waals surface area contributed by atoms with E-state index in [1.807, 2.05) is 0 Å². The Hall–Kier alpha value is -1.82. The highest BCUT2D eigenvalue weighted by atomic mass is 16.6. The largest absolute Gasteiger partial charge is 0.397 e. The highest BCUT2D eigenvalue weighted by Gasteiger charge is 2.24. The zero-order chi connectivity index (χ0) is 14.0. The van der Waals surface area contributed by atoms with Crippen LogP contribution in [-0.2, 0) is 0 Å². The van der Waals surface area contributed by atoms with Crippen LogP contribution in [0.1, 0.15) is 13.3 Å². The molecule has 104 valence electrons. The number of nitrogen functional groups attached to an aromatic ring is 1. The number of nitrogens with zero attached hydrogens (tertiary/aromatic N) is 2. The van der Waals surface area contributed by atoms with Gasteiger partial charge in [-0.15, -0.1) is 0 Å². The number of benzene rings is 1. The molecule has 0 radical (unpaired) electrons. The quantitative estimate of drug-likeness (QED) is 0.495. The average molecular weight is 264 g/mol. The Labute approximate surface area is 112 Å². The minimum Gasteiger partial charge on any atom is -0.397 e. The average Bonchev–Trinajstić information content (AvgIpc) is 2.34. The third-order valence-electron chi connectivity index (χ3n) is 3.70. The maximum Gasteiger partial charge on any atom is 0.271 e. The third-order valence-corrected chi connectivity index (χ3v) is 3.70. The van der Waals surface area contributed by atoms with Crippen LogP contribution in [0.2, 0.25) is 0 Å². The van der Waals surface area contributed by atoms with Gasteiger partial charge in [0.1, 0.15) is 0 Å². The van der Waals surface area contributed by atoms with Gasteiger partial charge in [-0.25, -0.2) is 0 Å². The van der Waals surface area contributed by atoms with Crippen LogP contribution in [0.15, 0.2) is 18.2 Å². The van der Waals surface area contributed by atoms with Gasteiger partial charge in [0, 0.05) is 24.7 Å². The summed E-state index contributed by atoms with van der Waals surface area (Å²) in [6, 6.07) is 4.94. The molecule has 0 aromatic heterocycles. The van der Waals surface area contributed by atoms with E-state index in [0.717, 1.165) is 25.2 Å². The molecule has 2 rings (SSSR count). The Morgan fingerprint density at radius 1 is 1.53 bits per heavy atom. The van der Waals surface area contributed by atoms with Crippen LogP contribution in [-0.4, -0.2) is 36.0 Å². The van der Waals surface area contributed by atoms with Gasteiger partial charge in [0.2, 0.25) is 0 Å². The molecule has 1 fully saturated rings. The van der Waals surface area contributed by atoms with E-state index < -0.39 is 4.92 Å². The highest BCUT2D eigenvalue weighted by Crippen LogP contribution is 2.27. The molecule has 1 aromatic carbocycles. The molecule has 0 spiro atoms. The summed E-state index contributed by atoms with van der Waals surface area (Å²) >= 11 is 0. The number of non-ortho nitro benzene ring substituents is 1. The summed E-state index contributed by atoms with van der Waals surface area (Å²) in [6.07, 6.45) is 1.05. The van der Waals surface area contributed by atoms with Crippen molar-refractivity contribution < 1.29 is 4.92 Å². The minimum atomic E-state index is -0.432. The number of hydrogen-bond acceptors (Lipinski definition) is 5. The Morgan fingerprint density at radius 2 is 2.26 bits per heavy atom. The van der Waals surface area contributed by atoms with Crippen molar-refractivity contribution in [1.82, 2.24) is 4.90 Å². The maximum atomic E-state index is 10.7. The lowest BCUT2D eigenvalue weighted by atomic mass is 9.94. The van der Waals surface area contributed by atoms with E-state index >= 15 is 0 Å². The first-order valence-corrected chi connectivity index (χ1v) is 6.46. The molecule has 0 bridgehead atoms. The summed E-state index contributed by atoms with van der Waals surface area (Å²) in [6.45, 7) is 4.30. The van der Waals surface area contributed by atoms with E-state index in [1.165, 1.54) is 12.1 Å². The zero-order valence-electron chi connectivity index (χ0n) is 11.3. The second-order valence-electron chi connectivity index (χ2n) is 5.31. The normalized spacial score (nSPS) is 24.1. The van der Waals surface area contributed by atoms with Gasteiger partial charge in [0.05, 0.1) is 16.3 Å². The predicted molar refractivity (Wildman–Crippen MR) is 76.2 cm³/mol. The summed E-state index contributed by atoms with van der Waals surface area (Å²) in [5.74, 6) is 0.522. The van der Waals surface area contributed by atoms with Gasteiger partial charge in [-0.05, 0) is 32.0 Å². The van der Waals surface area contributed by atoms with Crippen LogP contribution in [0.4, 0.5) is 17.1 Å². The first kappa shape index (κ1) is 13.6. The second-order valence-corrected chi connectivity index (χ2v) is 5.31.